The lowest BCUT2D eigenvalue weighted by atomic mass is 10.0. The number of aromatic amines is 1. The Hall–Kier alpha value is -2.97. The Kier molecular flexibility index (Phi) is 4.58. The fraction of sp³-hybridized carbons (Fsp3) is 0.357. The minimum absolute atomic E-state index is 0.0180. The van der Waals surface area contributed by atoms with Crippen molar-refractivity contribution in [2.24, 2.45) is 5.92 Å². The molecule has 1 aromatic heterocycles. The number of H-pyrrole nitrogens is 1. The number of non-ortho nitro benzene ring substituents is 1. The number of fused-ring (bicyclic) bond motifs is 1. The van der Waals surface area contributed by atoms with Crippen LogP contribution < -0.4 is 10.9 Å². The Bertz CT molecular complexity index is 814. The van der Waals surface area contributed by atoms with Crippen molar-refractivity contribution in [3.05, 3.63) is 38.7 Å². The van der Waals surface area contributed by atoms with Gasteiger partial charge in [0.2, 0.25) is 5.95 Å². The van der Waals surface area contributed by atoms with Gasteiger partial charge in [-0.25, -0.2) is 9.78 Å². The van der Waals surface area contributed by atoms with Gasteiger partial charge in [-0.2, -0.15) is 0 Å². The standard InChI is InChI=1S/C14H16N4O5/c1-7(2)5-11(13(20)21)16-14-15-10-4-3-8(18(22)23)6-9(10)12(19)17-14/h3-4,6-7,11H,5H2,1-2H3,(H,20,21)(H2,15,16,17,19)/t11-/m1/s1. The maximum atomic E-state index is 12.0. The first kappa shape index (κ1) is 16.4. The number of rotatable bonds is 6. The maximum absolute atomic E-state index is 12.0. The van der Waals surface area contributed by atoms with E-state index in [4.69, 9.17) is 0 Å². The van der Waals surface area contributed by atoms with Crippen molar-refractivity contribution < 1.29 is 14.8 Å². The SMILES string of the molecule is CC(C)C[C@@H](Nc1nc2ccc([N+](=O)[O-])cc2c(=O)[nH]1)C(=O)O. The topological polar surface area (TPSA) is 138 Å². The third-order valence-electron chi connectivity index (χ3n) is 3.22. The summed E-state index contributed by atoms with van der Waals surface area (Å²) >= 11 is 0. The normalized spacial score (nSPS) is 12.3. The number of hydrogen-bond donors (Lipinski definition) is 3. The molecule has 1 atom stereocenters. The molecule has 23 heavy (non-hydrogen) atoms. The van der Waals surface area contributed by atoms with Gasteiger partial charge in [0.15, 0.2) is 0 Å². The number of hydrogen-bond acceptors (Lipinski definition) is 6. The molecule has 0 aliphatic heterocycles. The van der Waals surface area contributed by atoms with E-state index in [0.29, 0.717) is 6.42 Å². The lowest BCUT2D eigenvalue weighted by Gasteiger charge is -2.16. The van der Waals surface area contributed by atoms with Gasteiger partial charge in [-0.05, 0) is 18.4 Å². The lowest BCUT2D eigenvalue weighted by molar-refractivity contribution is -0.384. The minimum Gasteiger partial charge on any atom is -0.480 e. The zero-order valence-corrected chi connectivity index (χ0v) is 12.6. The zero-order chi connectivity index (χ0) is 17.1. The summed E-state index contributed by atoms with van der Waals surface area (Å²) < 4.78 is 0. The fourth-order valence-electron chi connectivity index (χ4n) is 2.17. The van der Waals surface area contributed by atoms with Crippen molar-refractivity contribution in [3.8, 4) is 0 Å². The molecule has 9 heteroatoms. The number of carboxylic acids is 1. The van der Waals surface area contributed by atoms with Crippen molar-refractivity contribution in [2.45, 2.75) is 26.3 Å². The molecule has 0 aliphatic carbocycles. The number of aromatic nitrogens is 2. The molecule has 2 rings (SSSR count). The van der Waals surface area contributed by atoms with Gasteiger partial charge in [0.1, 0.15) is 6.04 Å². The number of carboxylic acid groups (broad SMARTS) is 1. The first-order chi connectivity index (χ1) is 10.8. The second-order valence-corrected chi connectivity index (χ2v) is 5.54. The predicted molar refractivity (Wildman–Crippen MR) is 83.5 cm³/mol. The van der Waals surface area contributed by atoms with E-state index in [2.05, 4.69) is 15.3 Å². The van der Waals surface area contributed by atoms with Crippen LogP contribution in [0.15, 0.2) is 23.0 Å². The van der Waals surface area contributed by atoms with Crippen molar-refractivity contribution >= 4 is 28.5 Å². The molecular formula is C14H16N4O5. The summed E-state index contributed by atoms with van der Waals surface area (Å²) in [6.45, 7) is 3.76. The number of carbonyl (C=O) groups is 1. The first-order valence-corrected chi connectivity index (χ1v) is 6.95. The molecule has 0 aliphatic rings. The van der Waals surface area contributed by atoms with E-state index in [9.17, 15) is 24.8 Å². The van der Waals surface area contributed by atoms with Crippen LogP contribution >= 0.6 is 0 Å². The Balaban J connectivity index is 2.39. The van der Waals surface area contributed by atoms with Crippen molar-refractivity contribution in [1.82, 2.24) is 9.97 Å². The van der Waals surface area contributed by atoms with E-state index in [-0.39, 0.29) is 28.5 Å². The highest BCUT2D eigenvalue weighted by molar-refractivity contribution is 5.82. The summed E-state index contributed by atoms with van der Waals surface area (Å²) in [4.78, 5) is 40.0. The smallest absolute Gasteiger partial charge is 0.326 e. The van der Waals surface area contributed by atoms with E-state index >= 15 is 0 Å². The van der Waals surface area contributed by atoms with Crippen LogP contribution in [0.2, 0.25) is 0 Å². The van der Waals surface area contributed by atoms with E-state index in [1.165, 1.54) is 12.1 Å². The fourth-order valence-corrected chi connectivity index (χ4v) is 2.17. The van der Waals surface area contributed by atoms with Gasteiger partial charge in [0.05, 0.1) is 15.8 Å². The molecular weight excluding hydrogens is 304 g/mol. The summed E-state index contributed by atoms with van der Waals surface area (Å²) in [5.74, 6) is -0.895. The molecule has 0 radical (unpaired) electrons. The molecule has 0 amide bonds. The second-order valence-electron chi connectivity index (χ2n) is 5.54. The molecule has 9 nitrogen and oxygen atoms in total. The van der Waals surface area contributed by atoms with Crippen molar-refractivity contribution in [2.75, 3.05) is 5.32 Å². The van der Waals surface area contributed by atoms with Crippen LogP contribution in [0, 0.1) is 16.0 Å². The maximum Gasteiger partial charge on any atom is 0.326 e. The van der Waals surface area contributed by atoms with Gasteiger partial charge in [-0.1, -0.05) is 13.8 Å². The third kappa shape index (κ3) is 3.82. The van der Waals surface area contributed by atoms with E-state index < -0.39 is 22.5 Å². The highest BCUT2D eigenvalue weighted by atomic mass is 16.6. The molecule has 0 fully saturated rings. The van der Waals surface area contributed by atoms with Gasteiger partial charge >= 0.3 is 5.97 Å². The van der Waals surface area contributed by atoms with Crippen LogP contribution in [0.25, 0.3) is 10.9 Å². The number of nitro groups is 1. The second kappa shape index (κ2) is 6.42. The lowest BCUT2D eigenvalue weighted by Crippen LogP contribution is -2.32. The molecule has 2 aromatic rings. The molecule has 1 heterocycles. The number of aliphatic carboxylic acids is 1. The van der Waals surface area contributed by atoms with Crippen LogP contribution in [-0.2, 0) is 4.79 Å². The van der Waals surface area contributed by atoms with Crippen molar-refractivity contribution in [3.63, 3.8) is 0 Å². The van der Waals surface area contributed by atoms with Crippen LogP contribution in [0.4, 0.5) is 11.6 Å². The Morgan fingerprint density at radius 3 is 2.74 bits per heavy atom. The van der Waals surface area contributed by atoms with E-state index in [1.54, 1.807) is 0 Å². The molecule has 0 saturated heterocycles. The number of anilines is 1. The molecule has 0 spiro atoms. The molecule has 0 unspecified atom stereocenters. The Morgan fingerprint density at radius 2 is 2.17 bits per heavy atom. The third-order valence-corrected chi connectivity index (χ3v) is 3.22. The number of nitrogens with zero attached hydrogens (tertiary/aromatic N) is 2. The van der Waals surface area contributed by atoms with E-state index in [1.807, 2.05) is 13.8 Å². The monoisotopic (exact) mass is 320 g/mol. The van der Waals surface area contributed by atoms with Gasteiger partial charge in [-0.15, -0.1) is 0 Å². The van der Waals surface area contributed by atoms with Gasteiger partial charge in [-0.3, -0.25) is 19.9 Å². The van der Waals surface area contributed by atoms with Gasteiger partial charge < -0.3 is 10.4 Å². The summed E-state index contributed by atoms with van der Waals surface area (Å²) in [6, 6.07) is 2.83. The summed E-state index contributed by atoms with van der Waals surface area (Å²) in [6.07, 6.45) is 0.358. The summed E-state index contributed by atoms with van der Waals surface area (Å²) in [5, 5.41) is 22.7. The molecule has 0 saturated carbocycles. The van der Waals surface area contributed by atoms with Crippen LogP contribution in [0.1, 0.15) is 20.3 Å². The number of nitro benzene ring substituents is 1. The van der Waals surface area contributed by atoms with Crippen LogP contribution in [-0.4, -0.2) is 32.0 Å². The largest absolute Gasteiger partial charge is 0.480 e. The average Bonchev–Trinajstić information content (AvgIpc) is 2.45. The van der Waals surface area contributed by atoms with Crippen molar-refractivity contribution in [1.29, 1.82) is 0 Å². The predicted octanol–water partition coefficient (Wildman–Crippen LogP) is 1.74. The Morgan fingerprint density at radius 1 is 1.48 bits per heavy atom. The minimum atomic E-state index is -1.05. The first-order valence-electron chi connectivity index (χ1n) is 6.95. The van der Waals surface area contributed by atoms with Crippen LogP contribution in [0.3, 0.4) is 0 Å². The number of benzene rings is 1. The van der Waals surface area contributed by atoms with Gasteiger partial charge in [0, 0.05) is 12.1 Å². The quantitative estimate of drug-likeness (QED) is 0.544. The van der Waals surface area contributed by atoms with Gasteiger partial charge in [0.25, 0.3) is 11.2 Å². The highest BCUT2D eigenvalue weighted by Crippen LogP contribution is 2.18. The van der Waals surface area contributed by atoms with E-state index in [0.717, 1.165) is 6.07 Å². The molecule has 122 valence electrons. The zero-order valence-electron chi connectivity index (χ0n) is 12.6. The molecule has 0 bridgehead atoms. The highest BCUT2D eigenvalue weighted by Gasteiger charge is 2.20. The van der Waals surface area contributed by atoms with Crippen LogP contribution in [0.5, 0.6) is 0 Å². The summed E-state index contributed by atoms with van der Waals surface area (Å²) in [5.41, 5.74) is -0.542. The summed E-state index contributed by atoms with van der Waals surface area (Å²) in [7, 11) is 0. The Labute approximate surface area is 130 Å². The number of nitrogens with one attached hydrogen (secondary N) is 2. The molecule has 1 aromatic carbocycles. The average molecular weight is 320 g/mol. The molecule has 3 N–H and O–H groups in total.